The second-order valence-electron chi connectivity index (χ2n) is 13.1. The lowest BCUT2D eigenvalue weighted by Crippen LogP contribution is -2.34. The molecule has 0 fully saturated rings. The zero-order valence-electron chi connectivity index (χ0n) is 25.3. The molecular weight excluding hydrogens is 468 g/mol. The summed E-state index contributed by atoms with van der Waals surface area (Å²) in [5.41, 5.74) is 19.7. The summed E-state index contributed by atoms with van der Waals surface area (Å²) in [5.74, 6) is 0. The SMILES string of the molecule is CCCCCCc1cc(-c2ccc3c4c2CCCC42CCCc4c(C)ccc-3c42)c(CCCCCC)cc1C. The molecule has 3 aromatic carbocycles. The van der Waals surface area contributed by atoms with Crippen LogP contribution in [0.3, 0.4) is 0 Å². The molecule has 0 bridgehead atoms. The Balaban J connectivity index is 1.47. The summed E-state index contributed by atoms with van der Waals surface area (Å²) in [6.45, 7) is 9.37. The topological polar surface area (TPSA) is 0 Å². The van der Waals surface area contributed by atoms with Crippen LogP contribution in [0.1, 0.15) is 135 Å². The van der Waals surface area contributed by atoms with Crippen LogP contribution in [0.2, 0.25) is 0 Å². The van der Waals surface area contributed by atoms with Gasteiger partial charge in [0, 0.05) is 5.41 Å². The molecular formula is C39H50. The highest BCUT2D eigenvalue weighted by Gasteiger charge is 2.49. The van der Waals surface area contributed by atoms with Crippen molar-refractivity contribution in [2.24, 2.45) is 0 Å². The lowest BCUT2D eigenvalue weighted by atomic mass is 9.61. The van der Waals surface area contributed by atoms with Gasteiger partial charge in [-0.25, -0.2) is 0 Å². The molecule has 0 N–H and O–H groups in total. The van der Waals surface area contributed by atoms with E-state index in [1.807, 2.05) is 0 Å². The molecule has 0 heteroatoms. The smallest absolute Gasteiger partial charge is 0.0221 e. The van der Waals surface area contributed by atoms with E-state index in [0.29, 0.717) is 0 Å². The van der Waals surface area contributed by atoms with E-state index in [9.17, 15) is 0 Å². The molecule has 0 amide bonds. The Morgan fingerprint density at radius 3 is 1.85 bits per heavy atom. The molecule has 39 heavy (non-hydrogen) atoms. The van der Waals surface area contributed by atoms with E-state index >= 15 is 0 Å². The van der Waals surface area contributed by atoms with Crippen molar-refractivity contribution < 1.29 is 0 Å². The standard InChI is InChI=1S/C39H50/c1-5-7-9-11-15-29-26-36(30(25-28(29)4)16-12-10-8-6-2)32-21-22-35-34-20-19-27(3)31-17-13-23-39(37(31)34)24-14-18-33(32)38(35)39/h19-22,25-26H,5-18,23-24H2,1-4H3. The van der Waals surface area contributed by atoms with E-state index in [2.05, 4.69) is 64.1 Å². The van der Waals surface area contributed by atoms with Crippen LogP contribution in [0.15, 0.2) is 36.4 Å². The summed E-state index contributed by atoms with van der Waals surface area (Å²) >= 11 is 0. The van der Waals surface area contributed by atoms with Crippen LogP contribution in [-0.4, -0.2) is 0 Å². The minimum atomic E-state index is 0.281. The second-order valence-corrected chi connectivity index (χ2v) is 13.1. The molecule has 0 heterocycles. The zero-order chi connectivity index (χ0) is 27.0. The minimum absolute atomic E-state index is 0.281. The number of unbranched alkanes of at least 4 members (excludes halogenated alkanes) is 6. The zero-order valence-corrected chi connectivity index (χ0v) is 25.3. The van der Waals surface area contributed by atoms with E-state index in [0.717, 1.165) is 0 Å². The number of benzene rings is 3. The summed E-state index contributed by atoms with van der Waals surface area (Å²) in [7, 11) is 0. The van der Waals surface area contributed by atoms with Gasteiger partial charge in [0.05, 0.1) is 0 Å². The first kappa shape index (κ1) is 26.9. The number of hydrogen-bond acceptors (Lipinski definition) is 0. The lowest BCUT2D eigenvalue weighted by molar-refractivity contribution is 0.377. The number of hydrogen-bond donors (Lipinski definition) is 0. The second kappa shape index (κ2) is 11.3. The monoisotopic (exact) mass is 518 g/mol. The van der Waals surface area contributed by atoms with Crippen molar-refractivity contribution in [1.82, 2.24) is 0 Å². The Bertz CT molecular complexity index is 1350. The first-order valence-corrected chi connectivity index (χ1v) is 16.5. The molecule has 206 valence electrons. The number of aryl methyl sites for hydroxylation is 4. The van der Waals surface area contributed by atoms with Crippen LogP contribution in [0.25, 0.3) is 22.3 Å². The van der Waals surface area contributed by atoms with Gasteiger partial charge in [-0.2, -0.15) is 0 Å². The largest absolute Gasteiger partial charge is 0.0654 e. The summed E-state index contributed by atoms with van der Waals surface area (Å²) in [6.07, 6.45) is 21.0. The summed E-state index contributed by atoms with van der Waals surface area (Å²) in [4.78, 5) is 0. The maximum Gasteiger partial charge on any atom is 0.0221 e. The molecule has 3 aliphatic rings. The molecule has 0 saturated carbocycles. The molecule has 0 radical (unpaired) electrons. The van der Waals surface area contributed by atoms with E-state index in [1.54, 1.807) is 55.6 Å². The number of fused-ring (bicyclic) bond motifs is 1. The van der Waals surface area contributed by atoms with Crippen molar-refractivity contribution >= 4 is 0 Å². The van der Waals surface area contributed by atoms with Gasteiger partial charge >= 0.3 is 0 Å². The van der Waals surface area contributed by atoms with Crippen molar-refractivity contribution in [3.8, 4) is 22.3 Å². The average molecular weight is 519 g/mol. The predicted octanol–water partition coefficient (Wildman–Crippen LogP) is 11.2. The van der Waals surface area contributed by atoms with Gasteiger partial charge in [-0.05, 0) is 145 Å². The Morgan fingerprint density at radius 2 is 1.15 bits per heavy atom. The Hall–Kier alpha value is -2.34. The van der Waals surface area contributed by atoms with E-state index in [4.69, 9.17) is 0 Å². The first-order valence-electron chi connectivity index (χ1n) is 16.5. The molecule has 0 aromatic heterocycles. The highest BCUT2D eigenvalue weighted by atomic mass is 14.5. The normalized spacial score (nSPS) is 18.8. The van der Waals surface area contributed by atoms with Gasteiger partial charge in [-0.3, -0.25) is 0 Å². The number of rotatable bonds is 11. The van der Waals surface area contributed by atoms with Crippen LogP contribution in [0, 0.1) is 13.8 Å². The third kappa shape index (κ3) is 4.61. The molecule has 1 spiro atoms. The molecule has 3 aliphatic carbocycles. The van der Waals surface area contributed by atoms with Crippen molar-refractivity contribution in [3.05, 3.63) is 80.9 Å². The Kier molecular flexibility index (Phi) is 7.76. The summed E-state index contributed by atoms with van der Waals surface area (Å²) in [6, 6.07) is 15.2. The minimum Gasteiger partial charge on any atom is -0.0654 e. The van der Waals surface area contributed by atoms with E-state index in [-0.39, 0.29) is 5.41 Å². The Morgan fingerprint density at radius 1 is 0.564 bits per heavy atom. The summed E-state index contributed by atoms with van der Waals surface area (Å²) in [5, 5.41) is 0. The highest BCUT2D eigenvalue weighted by Crippen LogP contribution is 2.61. The van der Waals surface area contributed by atoms with Crippen LogP contribution in [-0.2, 0) is 31.1 Å². The van der Waals surface area contributed by atoms with Gasteiger partial charge in [0.1, 0.15) is 0 Å². The fraction of sp³-hybridized carbons (Fsp3) is 0.538. The van der Waals surface area contributed by atoms with Crippen LogP contribution in [0.5, 0.6) is 0 Å². The maximum atomic E-state index is 2.65. The van der Waals surface area contributed by atoms with Gasteiger partial charge in [0.25, 0.3) is 0 Å². The fourth-order valence-corrected chi connectivity index (χ4v) is 8.68. The maximum absolute atomic E-state index is 2.65. The molecule has 6 rings (SSSR count). The van der Waals surface area contributed by atoms with Gasteiger partial charge in [-0.1, -0.05) is 88.8 Å². The molecule has 1 unspecified atom stereocenters. The van der Waals surface area contributed by atoms with Crippen LogP contribution >= 0.6 is 0 Å². The molecule has 0 saturated heterocycles. The quantitative estimate of drug-likeness (QED) is 0.221. The van der Waals surface area contributed by atoms with Crippen LogP contribution in [0.4, 0.5) is 0 Å². The van der Waals surface area contributed by atoms with E-state index < -0.39 is 0 Å². The van der Waals surface area contributed by atoms with Crippen molar-refractivity contribution in [2.45, 2.75) is 136 Å². The molecule has 0 nitrogen and oxygen atoms in total. The van der Waals surface area contributed by atoms with Gasteiger partial charge in [0.15, 0.2) is 0 Å². The third-order valence-electron chi connectivity index (χ3n) is 10.6. The Labute approximate surface area is 238 Å². The van der Waals surface area contributed by atoms with Crippen molar-refractivity contribution in [2.75, 3.05) is 0 Å². The van der Waals surface area contributed by atoms with Crippen molar-refractivity contribution in [1.29, 1.82) is 0 Å². The van der Waals surface area contributed by atoms with Crippen LogP contribution < -0.4 is 0 Å². The van der Waals surface area contributed by atoms with Gasteiger partial charge in [0.2, 0.25) is 0 Å². The third-order valence-corrected chi connectivity index (χ3v) is 10.6. The van der Waals surface area contributed by atoms with Crippen molar-refractivity contribution in [3.63, 3.8) is 0 Å². The average Bonchev–Trinajstić information content (AvgIpc) is 3.24. The molecule has 3 aromatic rings. The van der Waals surface area contributed by atoms with E-state index in [1.165, 1.54) is 114 Å². The predicted molar refractivity (Wildman–Crippen MR) is 169 cm³/mol. The lowest BCUT2D eigenvalue weighted by Gasteiger charge is -2.42. The first-order chi connectivity index (χ1) is 19.1. The van der Waals surface area contributed by atoms with Gasteiger partial charge in [-0.15, -0.1) is 0 Å². The molecule has 0 aliphatic heterocycles. The summed E-state index contributed by atoms with van der Waals surface area (Å²) < 4.78 is 0. The van der Waals surface area contributed by atoms with Gasteiger partial charge < -0.3 is 0 Å². The molecule has 1 atom stereocenters. The fourth-order valence-electron chi connectivity index (χ4n) is 8.68. The highest BCUT2D eigenvalue weighted by molar-refractivity contribution is 5.89.